The van der Waals surface area contributed by atoms with Crippen LogP contribution in [0.15, 0.2) is 58.1 Å². The van der Waals surface area contributed by atoms with Gasteiger partial charge >= 0.3 is 5.69 Å². The number of benzene rings is 2. The number of Topliss-reactive ketones (excluding diaryl/α,β-unsaturated/α-hetero) is 2. The van der Waals surface area contributed by atoms with Gasteiger partial charge in [0.15, 0.2) is 0 Å². The van der Waals surface area contributed by atoms with Crippen molar-refractivity contribution < 1.29 is 9.59 Å². The first-order chi connectivity index (χ1) is 12.1. The summed E-state index contributed by atoms with van der Waals surface area (Å²) in [4.78, 5) is 50.6. The third-order valence-electron chi connectivity index (χ3n) is 4.48. The molecule has 0 atom stereocenters. The van der Waals surface area contributed by atoms with E-state index in [0.717, 1.165) is 4.57 Å². The van der Waals surface area contributed by atoms with E-state index in [9.17, 15) is 19.2 Å². The minimum Gasteiger partial charge on any atom is -0.293 e. The van der Waals surface area contributed by atoms with Gasteiger partial charge in [0.2, 0.25) is 11.6 Å². The lowest BCUT2D eigenvalue weighted by atomic mass is 10.0. The number of para-hydroxylation sites is 2. The molecule has 6 nitrogen and oxygen atoms in total. The van der Waals surface area contributed by atoms with Gasteiger partial charge in [0.25, 0.3) is 5.56 Å². The van der Waals surface area contributed by atoms with Crippen LogP contribution in [0.25, 0.3) is 16.6 Å². The van der Waals surface area contributed by atoms with Crippen molar-refractivity contribution in [3.8, 4) is 5.69 Å². The fourth-order valence-corrected chi connectivity index (χ4v) is 3.27. The van der Waals surface area contributed by atoms with Crippen LogP contribution in [0.5, 0.6) is 0 Å². The van der Waals surface area contributed by atoms with E-state index in [1.165, 1.54) is 16.7 Å². The molecule has 0 fully saturated rings. The van der Waals surface area contributed by atoms with Gasteiger partial charge in [-0.25, -0.2) is 9.36 Å². The lowest BCUT2D eigenvalue weighted by molar-refractivity contribution is -0.115. The molecule has 2 bridgehead atoms. The number of aryl methyl sites for hydroxylation is 1. The standard InChI is InChI=1S/C19H14N2O4/c22-16-10-5-11-20-14-8-3-2-7-13(14)18(24)21(19(20)25)15-9-4-1-6-12(15)17(16)23/h1-4,6-9H,5,10-11H2. The molecule has 1 aliphatic rings. The predicted molar refractivity (Wildman–Crippen MR) is 92.4 cm³/mol. The first-order valence-electron chi connectivity index (χ1n) is 8.01. The molecule has 0 unspecified atom stereocenters. The SMILES string of the molecule is O=C1CCCn2c(=O)n(c(=O)c3ccccc32)-c2ccccc2C1=O. The zero-order valence-corrected chi connectivity index (χ0v) is 13.3. The summed E-state index contributed by atoms with van der Waals surface area (Å²) in [5.74, 6) is -1.17. The fourth-order valence-electron chi connectivity index (χ4n) is 3.27. The van der Waals surface area contributed by atoms with Crippen molar-refractivity contribution in [2.75, 3.05) is 0 Å². The largest absolute Gasteiger partial charge is 0.336 e. The fraction of sp³-hybridized carbons (Fsp3) is 0.158. The van der Waals surface area contributed by atoms with E-state index in [2.05, 4.69) is 0 Å². The highest BCUT2D eigenvalue weighted by Gasteiger charge is 2.24. The average molecular weight is 334 g/mol. The van der Waals surface area contributed by atoms with E-state index in [1.807, 2.05) is 0 Å². The molecule has 0 aliphatic carbocycles. The van der Waals surface area contributed by atoms with Gasteiger partial charge in [0, 0.05) is 13.0 Å². The molecule has 0 N–H and O–H groups in total. The molecule has 0 amide bonds. The normalized spacial score (nSPS) is 14.4. The predicted octanol–water partition coefficient (Wildman–Crippen LogP) is 1.70. The Hall–Kier alpha value is -3.28. The van der Waals surface area contributed by atoms with Crippen LogP contribution in [-0.4, -0.2) is 20.7 Å². The van der Waals surface area contributed by atoms with Gasteiger partial charge in [-0.05, 0) is 30.7 Å². The molecule has 0 saturated heterocycles. The first-order valence-corrected chi connectivity index (χ1v) is 8.01. The minimum absolute atomic E-state index is 0.0626. The quantitative estimate of drug-likeness (QED) is 0.586. The van der Waals surface area contributed by atoms with Gasteiger partial charge in [-0.15, -0.1) is 0 Å². The zero-order valence-electron chi connectivity index (χ0n) is 13.3. The molecule has 1 aliphatic heterocycles. The van der Waals surface area contributed by atoms with Gasteiger partial charge in [-0.2, -0.15) is 0 Å². The van der Waals surface area contributed by atoms with Crippen molar-refractivity contribution in [1.29, 1.82) is 0 Å². The lowest BCUT2D eigenvalue weighted by Gasteiger charge is -2.17. The van der Waals surface area contributed by atoms with Crippen molar-refractivity contribution in [2.45, 2.75) is 19.4 Å². The molecule has 2 aromatic carbocycles. The van der Waals surface area contributed by atoms with Crippen molar-refractivity contribution in [1.82, 2.24) is 9.13 Å². The van der Waals surface area contributed by atoms with Crippen LogP contribution >= 0.6 is 0 Å². The smallest absolute Gasteiger partial charge is 0.293 e. The van der Waals surface area contributed by atoms with E-state index < -0.39 is 22.8 Å². The second-order valence-corrected chi connectivity index (χ2v) is 5.96. The highest BCUT2D eigenvalue weighted by molar-refractivity contribution is 6.44. The Morgan fingerprint density at radius 3 is 2.40 bits per heavy atom. The van der Waals surface area contributed by atoms with E-state index in [1.54, 1.807) is 36.4 Å². The Morgan fingerprint density at radius 1 is 0.840 bits per heavy atom. The van der Waals surface area contributed by atoms with Crippen LogP contribution in [0.2, 0.25) is 0 Å². The van der Waals surface area contributed by atoms with Crippen LogP contribution in [0.4, 0.5) is 0 Å². The summed E-state index contributed by atoms with van der Waals surface area (Å²) in [6.45, 7) is 0.265. The number of hydrogen-bond donors (Lipinski definition) is 0. The molecule has 0 spiro atoms. The summed E-state index contributed by atoms with van der Waals surface area (Å²) in [5, 5.41) is 0.399. The molecular formula is C19H14N2O4. The molecule has 25 heavy (non-hydrogen) atoms. The van der Waals surface area contributed by atoms with E-state index in [0.29, 0.717) is 17.3 Å². The van der Waals surface area contributed by atoms with Crippen molar-refractivity contribution in [2.24, 2.45) is 0 Å². The Morgan fingerprint density at radius 2 is 1.56 bits per heavy atom. The van der Waals surface area contributed by atoms with E-state index >= 15 is 0 Å². The summed E-state index contributed by atoms with van der Waals surface area (Å²) in [6.07, 6.45) is 0.419. The number of nitrogens with zero attached hydrogens (tertiary/aromatic N) is 2. The number of fused-ring (bicyclic) bond motifs is 6. The summed E-state index contributed by atoms with van der Waals surface area (Å²) in [5.41, 5.74) is -0.235. The number of rotatable bonds is 0. The summed E-state index contributed by atoms with van der Waals surface area (Å²) in [6, 6.07) is 13.1. The first kappa shape index (κ1) is 15.3. The number of carbonyl (C=O) groups is 2. The maximum atomic E-state index is 13.0. The Balaban J connectivity index is 2.21. The third-order valence-corrected chi connectivity index (χ3v) is 4.48. The number of ketones is 2. The maximum absolute atomic E-state index is 13.0. The van der Waals surface area contributed by atoms with Crippen LogP contribution in [0, 0.1) is 0 Å². The minimum atomic E-state index is -0.663. The number of aromatic nitrogens is 2. The molecular weight excluding hydrogens is 320 g/mol. The molecule has 6 heteroatoms. The van der Waals surface area contributed by atoms with Gasteiger partial charge < -0.3 is 0 Å². The topological polar surface area (TPSA) is 78.1 Å². The second-order valence-electron chi connectivity index (χ2n) is 5.96. The van der Waals surface area contributed by atoms with Crippen LogP contribution in [0.3, 0.4) is 0 Å². The van der Waals surface area contributed by atoms with E-state index in [-0.39, 0.29) is 24.2 Å². The maximum Gasteiger partial charge on any atom is 0.336 e. The molecule has 0 saturated carbocycles. The van der Waals surface area contributed by atoms with Crippen LogP contribution in [-0.2, 0) is 11.3 Å². The molecule has 3 aromatic rings. The van der Waals surface area contributed by atoms with Gasteiger partial charge in [-0.1, -0.05) is 24.3 Å². The molecule has 2 heterocycles. The molecule has 0 radical (unpaired) electrons. The average Bonchev–Trinajstić information content (AvgIpc) is 2.63. The molecule has 4 rings (SSSR count). The highest BCUT2D eigenvalue weighted by Crippen LogP contribution is 2.17. The monoisotopic (exact) mass is 334 g/mol. The number of hydrogen-bond acceptors (Lipinski definition) is 4. The second kappa shape index (κ2) is 5.66. The van der Waals surface area contributed by atoms with Crippen LogP contribution in [0.1, 0.15) is 23.2 Å². The van der Waals surface area contributed by atoms with Crippen molar-refractivity contribution in [3.63, 3.8) is 0 Å². The molecule has 1 aromatic heterocycles. The Kier molecular flexibility index (Phi) is 3.46. The zero-order chi connectivity index (χ0) is 17.6. The summed E-state index contributed by atoms with van der Waals surface area (Å²) in [7, 11) is 0. The Labute approximate surface area is 141 Å². The third kappa shape index (κ3) is 2.26. The summed E-state index contributed by atoms with van der Waals surface area (Å²) < 4.78 is 2.49. The molecule has 124 valence electrons. The highest BCUT2D eigenvalue weighted by atomic mass is 16.2. The van der Waals surface area contributed by atoms with Crippen LogP contribution < -0.4 is 11.2 Å². The van der Waals surface area contributed by atoms with Crippen molar-refractivity contribution in [3.05, 3.63) is 74.9 Å². The Bertz CT molecular complexity index is 1150. The lowest BCUT2D eigenvalue weighted by Crippen LogP contribution is -2.40. The van der Waals surface area contributed by atoms with E-state index in [4.69, 9.17) is 0 Å². The summed E-state index contributed by atoms with van der Waals surface area (Å²) >= 11 is 0. The number of carbonyl (C=O) groups excluding carboxylic acids is 2. The van der Waals surface area contributed by atoms with Gasteiger partial charge in [0.1, 0.15) is 0 Å². The van der Waals surface area contributed by atoms with Gasteiger partial charge in [-0.3, -0.25) is 19.0 Å². The van der Waals surface area contributed by atoms with Gasteiger partial charge in [0.05, 0.1) is 22.2 Å². The van der Waals surface area contributed by atoms with Crippen molar-refractivity contribution >= 4 is 22.5 Å².